The molecule has 0 amide bonds. The Labute approximate surface area is 117 Å². The van der Waals surface area contributed by atoms with Gasteiger partial charge in [0.1, 0.15) is 17.0 Å². The van der Waals surface area contributed by atoms with Crippen LogP contribution in [0.25, 0.3) is 0 Å². The summed E-state index contributed by atoms with van der Waals surface area (Å²) in [7, 11) is -1.94. The van der Waals surface area contributed by atoms with Crippen molar-refractivity contribution in [2.24, 2.45) is 7.05 Å². The SMILES string of the molecule is CCCn1ncnc1[C@@H](C)NS(=O)(=O)c1cnn(C)c1. The van der Waals surface area contributed by atoms with Crippen LogP contribution in [-0.4, -0.2) is 33.0 Å². The van der Waals surface area contributed by atoms with E-state index in [4.69, 9.17) is 0 Å². The summed E-state index contributed by atoms with van der Waals surface area (Å²) in [6.07, 6.45) is 5.09. The Hall–Kier alpha value is -1.74. The van der Waals surface area contributed by atoms with Gasteiger partial charge in [-0.15, -0.1) is 0 Å². The normalized spacial score (nSPS) is 13.6. The van der Waals surface area contributed by atoms with Gasteiger partial charge >= 0.3 is 0 Å². The Kier molecular flexibility index (Phi) is 4.19. The van der Waals surface area contributed by atoms with E-state index in [0.717, 1.165) is 6.42 Å². The second-order valence-corrected chi connectivity index (χ2v) is 6.25. The fraction of sp³-hybridized carbons (Fsp3) is 0.545. The van der Waals surface area contributed by atoms with E-state index in [1.807, 2.05) is 6.92 Å². The quantitative estimate of drug-likeness (QED) is 0.836. The van der Waals surface area contributed by atoms with Crippen molar-refractivity contribution >= 4 is 10.0 Å². The zero-order chi connectivity index (χ0) is 14.8. The first-order valence-electron chi connectivity index (χ1n) is 6.32. The summed E-state index contributed by atoms with van der Waals surface area (Å²) in [6.45, 7) is 4.47. The van der Waals surface area contributed by atoms with Crippen molar-refractivity contribution in [1.82, 2.24) is 29.3 Å². The smallest absolute Gasteiger partial charge is 0.244 e. The van der Waals surface area contributed by atoms with Gasteiger partial charge < -0.3 is 0 Å². The zero-order valence-corrected chi connectivity index (χ0v) is 12.5. The fourth-order valence-corrected chi connectivity index (χ4v) is 3.07. The first-order valence-corrected chi connectivity index (χ1v) is 7.81. The average molecular weight is 298 g/mol. The Bertz CT molecular complexity index is 675. The van der Waals surface area contributed by atoms with E-state index < -0.39 is 16.1 Å². The fourth-order valence-electron chi connectivity index (χ4n) is 1.88. The second-order valence-electron chi connectivity index (χ2n) is 4.53. The second kappa shape index (κ2) is 5.71. The third-order valence-electron chi connectivity index (χ3n) is 2.79. The van der Waals surface area contributed by atoms with Gasteiger partial charge in [0.25, 0.3) is 0 Å². The van der Waals surface area contributed by atoms with Crippen molar-refractivity contribution in [2.45, 2.75) is 37.8 Å². The highest BCUT2D eigenvalue weighted by Crippen LogP contribution is 2.14. The van der Waals surface area contributed by atoms with Crippen LogP contribution in [0, 0.1) is 0 Å². The molecule has 1 atom stereocenters. The lowest BCUT2D eigenvalue weighted by atomic mass is 10.3. The number of hydrogen-bond acceptors (Lipinski definition) is 5. The van der Waals surface area contributed by atoms with E-state index in [1.54, 1.807) is 18.7 Å². The van der Waals surface area contributed by atoms with Crippen LogP contribution in [0.2, 0.25) is 0 Å². The summed E-state index contributed by atoms with van der Waals surface area (Å²) in [5.74, 6) is 0.597. The molecule has 0 bridgehead atoms. The molecule has 0 spiro atoms. The summed E-state index contributed by atoms with van der Waals surface area (Å²) < 4.78 is 30.1. The molecule has 0 saturated carbocycles. The first-order chi connectivity index (χ1) is 9.44. The Morgan fingerprint density at radius 3 is 2.75 bits per heavy atom. The van der Waals surface area contributed by atoms with Gasteiger partial charge in [-0.2, -0.15) is 10.2 Å². The molecule has 2 aromatic heterocycles. The van der Waals surface area contributed by atoms with Crippen LogP contribution in [0.4, 0.5) is 0 Å². The molecule has 1 N–H and O–H groups in total. The molecule has 20 heavy (non-hydrogen) atoms. The summed E-state index contributed by atoms with van der Waals surface area (Å²) >= 11 is 0. The molecule has 0 aliphatic carbocycles. The molecule has 2 aromatic rings. The lowest BCUT2D eigenvalue weighted by Crippen LogP contribution is -2.29. The molecule has 2 heterocycles. The number of hydrogen-bond donors (Lipinski definition) is 1. The minimum Gasteiger partial charge on any atom is -0.274 e. The molecule has 0 unspecified atom stereocenters. The Morgan fingerprint density at radius 1 is 1.40 bits per heavy atom. The lowest BCUT2D eigenvalue weighted by molar-refractivity contribution is 0.515. The maximum absolute atomic E-state index is 12.2. The standard InChI is InChI=1S/C11H18N6O2S/c1-4-5-17-11(12-8-14-17)9(2)15-20(18,19)10-6-13-16(3)7-10/h6-9,15H,4-5H2,1-3H3/t9-/m1/s1. The average Bonchev–Trinajstić information content (AvgIpc) is 2.98. The van der Waals surface area contributed by atoms with Crippen LogP contribution in [0.1, 0.15) is 32.1 Å². The summed E-state index contributed by atoms with van der Waals surface area (Å²) in [6, 6.07) is -0.464. The zero-order valence-electron chi connectivity index (χ0n) is 11.7. The molecular weight excluding hydrogens is 280 g/mol. The number of sulfonamides is 1. The molecule has 110 valence electrons. The number of aryl methyl sites for hydroxylation is 2. The molecule has 2 rings (SSSR count). The van der Waals surface area contributed by atoms with Gasteiger partial charge in [-0.25, -0.2) is 22.8 Å². The monoisotopic (exact) mass is 298 g/mol. The lowest BCUT2D eigenvalue weighted by Gasteiger charge is -2.13. The van der Waals surface area contributed by atoms with Gasteiger partial charge in [0.2, 0.25) is 10.0 Å². The molecule has 0 aromatic carbocycles. The summed E-state index contributed by atoms with van der Waals surface area (Å²) in [5, 5.41) is 7.95. The molecule has 0 radical (unpaired) electrons. The molecule has 0 saturated heterocycles. The maximum atomic E-state index is 12.2. The van der Waals surface area contributed by atoms with Crippen molar-refractivity contribution in [1.29, 1.82) is 0 Å². The first kappa shape index (κ1) is 14.7. The Balaban J connectivity index is 2.18. The molecule has 0 fully saturated rings. The van der Waals surface area contributed by atoms with Gasteiger partial charge in [0.05, 0.1) is 12.2 Å². The molecular formula is C11H18N6O2S. The summed E-state index contributed by atoms with van der Waals surface area (Å²) in [5.41, 5.74) is 0. The van der Waals surface area contributed by atoms with Gasteiger partial charge in [-0.1, -0.05) is 6.92 Å². The minimum atomic E-state index is -3.61. The Morgan fingerprint density at radius 2 is 2.15 bits per heavy atom. The van der Waals surface area contributed by atoms with E-state index in [2.05, 4.69) is 19.9 Å². The van der Waals surface area contributed by atoms with Crippen molar-refractivity contribution in [3.8, 4) is 0 Å². The highest BCUT2D eigenvalue weighted by atomic mass is 32.2. The molecule has 0 aliphatic heterocycles. The topological polar surface area (TPSA) is 94.7 Å². The van der Waals surface area contributed by atoms with E-state index >= 15 is 0 Å². The van der Waals surface area contributed by atoms with E-state index in [0.29, 0.717) is 12.4 Å². The van der Waals surface area contributed by atoms with E-state index in [-0.39, 0.29) is 4.90 Å². The van der Waals surface area contributed by atoms with Crippen molar-refractivity contribution < 1.29 is 8.42 Å². The molecule has 8 nitrogen and oxygen atoms in total. The van der Waals surface area contributed by atoms with E-state index in [1.165, 1.54) is 23.4 Å². The van der Waals surface area contributed by atoms with Crippen molar-refractivity contribution in [2.75, 3.05) is 0 Å². The summed E-state index contributed by atoms with van der Waals surface area (Å²) in [4.78, 5) is 4.25. The van der Waals surface area contributed by atoms with Gasteiger partial charge in [-0.3, -0.25) is 4.68 Å². The molecule has 9 heteroatoms. The van der Waals surface area contributed by atoms with Crippen molar-refractivity contribution in [3.05, 3.63) is 24.5 Å². The predicted octanol–water partition coefficient (Wildman–Crippen LogP) is 0.461. The number of aromatic nitrogens is 5. The minimum absolute atomic E-state index is 0.133. The van der Waals surface area contributed by atoms with Gasteiger partial charge in [-0.05, 0) is 13.3 Å². The van der Waals surface area contributed by atoms with Crippen LogP contribution < -0.4 is 4.72 Å². The van der Waals surface area contributed by atoms with E-state index in [9.17, 15) is 8.42 Å². The largest absolute Gasteiger partial charge is 0.274 e. The van der Waals surface area contributed by atoms with Crippen molar-refractivity contribution in [3.63, 3.8) is 0 Å². The highest BCUT2D eigenvalue weighted by Gasteiger charge is 2.22. The number of rotatable bonds is 6. The maximum Gasteiger partial charge on any atom is 0.244 e. The van der Waals surface area contributed by atoms with Crippen LogP contribution >= 0.6 is 0 Å². The predicted molar refractivity (Wildman–Crippen MR) is 72.3 cm³/mol. The third-order valence-corrected chi connectivity index (χ3v) is 4.29. The van der Waals surface area contributed by atoms with Crippen LogP contribution in [-0.2, 0) is 23.6 Å². The number of nitrogens with one attached hydrogen (secondary N) is 1. The highest BCUT2D eigenvalue weighted by molar-refractivity contribution is 7.89. The van der Waals surface area contributed by atoms with Gasteiger partial charge in [0, 0.05) is 19.8 Å². The number of nitrogens with zero attached hydrogens (tertiary/aromatic N) is 5. The van der Waals surface area contributed by atoms with Crippen LogP contribution in [0.5, 0.6) is 0 Å². The third kappa shape index (κ3) is 3.05. The van der Waals surface area contributed by atoms with Gasteiger partial charge in [0.15, 0.2) is 0 Å². The van der Waals surface area contributed by atoms with Crippen LogP contribution in [0.15, 0.2) is 23.6 Å². The molecule has 0 aliphatic rings. The van der Waals surface area contributed by atoms with Crippen LogP contribution in [0.3, 0.4) is 0 Å².